The number of hydrogen-bond acceptors (Lipinski definition) is 3. The van der Waals surface area contributed by atoms with Gasteiger partial charge in [0.25, 0.3) is 0 Å². The SMILES string of the molecule is NC(CCNC(=O)NC1CCOC(c2ccccc2)C1)Cc1ccccc1. The molecule has 1 heterocycles. The third-order valence-corrected chi connectivity index (χ3v) is 4.93. The number of amides is 2. The van der Waals surface area contributed by atoms with Gasteiger partial charge in [-0.2, -0.15) is 0 Å². The maximum atomic E-state index is 12.2. The standard InChI is InChI=1S/C22H29N3O2/c23-19(15-17-7-3-1-4-8-17)11-13-24-22(26)25-20-12-14-27-21(16-20)18-9-5-2-6-10-18/h1-10,19-21H,11-16,23H2,(H2,24,25,26). The quantitative estimate of drug-likeness (QED) is 0.703. The average Bonchev–Trinajstić information content (AvgIpc) is 2.69. The molecule has 5 nitrogen and oxygen atoms in total. The van der Waals surface area contributed by atoms with E-state index in [9.17, 15) is 4.79 Å². The first-order valence-electron chi connectivity index (χ1n) is 9.71. The zero-order valence-electron chi connectivity index (χ0n) is 15.6. The Bertz CT molecular complexity index is 693. The number of nitrogens with two attached hydrogens (primary N) is 1. The Labute approximate surface area is 161 Å². The van der Waals surface area contributed by atoms with Crippen LogP contribution in [0.15, 0.2) is 60.7 Å². The molecule has 2 amide bonds. The smallest absolute Gasteiger partial charge is 0.315 e. The summed E-state index contributed by atoms with van der Waals surface area (Å²) in [6.45, 7) is 1.23. The summed E-state index contributed by atoms with van der Waals surface area (Å²) >= 11 is 0. The van der Waals surface area contributed by atoms with Gasteiger partial charge in [0.2, 0.25) is 0 Å². The van der Waals surface area contributed by atoms with E-state index >= 15 is 0 Å². The fourth-order valence-corrected chi connectivity index (χ4v) is 3.45. The summed E-state index contributed by atoms with van der Waals surface area (Å²) in [6.07, 6.45) is 3.26. The summed E-state index contributed by atoms with van der Waals surface area (Å²) in [5, 5.41) is 6.00. The highest BCUT2D eigenvalue weighted by molar-refractivity contribution is 5.74. The van der Waals surface area contributed by atoms with Crippen LogP contribution in [-0.2, 0) is 11.2 Å². The van der Waals surface area contributed by atoms with E-state index in [1.54, 1.807) is 0 Å². The van der Waals surface area contributed by atoms with E-state index in [-0.39, 0.29) is 24.2 Å². The number of ether oxygens (including phenoxy) is 1. The lowest BCUT2D eigenvalue weighted by atomic mass is 9.97. The van der Waals surface area contributed by atoms with Crippen molar-refractivity contribution in [2.45, 2.75) is 43.9 Å². The van der Waals surface area contributed by atoms with E-state index in [0.29, 0.717) is 13.2 Å². The van der Waals surface area contributed by atoms with Crippen molar-refractivity contribution in [3.05, 3.63) is 71.8 Å². The van der Waals surface area contributed by atoms with Gasteiger partial charge in [-0.25, -0.2) is 4.79 Å². The summed E-state index contributed by atoms with van der Waals surface area (Å²) in [4.78, 5) is 12.2. The van der Waals surface area contributed by atoms with Crippen molar-refractivity contribution in [3.63, 3.8) is 0 Å². The average molecular weight is 367 g/mol. The molecule has 0 spiro atoms. The zero-order chi connectivity index (χ0) is 18.9. The van der Waals surface area contributed by atoms with Crippen LogP contribution >= 0.6 is 0 Å². The molecule has 5 heteroatoms. The molecule has 4 N–H and O–H groups in total. The Morgan fingerprint density at radius 3 is 2.56 bits per heavy atom. The molecule has 1 aliphatic heterocycles. The first-order chi connectivity index (χ1) is 13.2. The number of carbonyl (C=O) groups excluding carboxylic acids is 1. The molecule has 2 aromatic rings. The van der Waals surface area contributed by atoms with Gasteiger partial charge in [-0.1, -0.05) is 60.7 Å². The van der Waals surface area contributed by atoms with Crippen molar-refractivity contribution in [1.82, 2.24) is 10.6 Å². The lowest BCUT2D eigenvalue weighted by molar-refractivity contribution is 0.00226. The topological polar surface area (TPSA) is 76.4 Å². The van der Waals surface area contributed by atoms with Crippen LogP contribution in [0.3, 0.4) is 0 Å². The van der Waals surface area contributed by atoms with Crippen LogP contribution in [0.4, 0.5) is 4.79 Å². The van der Waals surface area contributed by atoms with Gasteiger partial charge >= 0.3 is 6.03 Å². The molecule has 0 bridgehead atoms. The number of urea groups is 1. The van der Waals surface area contributed by atoms with Crippen LogP contribution in [0.2, 0.25) is 0 Å². The molecule has 144 valence electrons. The van der Waals surface area contributed by atoms with Crippen LogP contribution in [0.1, 0.15) is 36.5 Å². The van der Waals surface area contributed by atoms with Crippen LogP contribution in [0.25, 0.3) is 0 Å². The number of benzene rings is 2. The van der Waals surface area contributed by atoms with Gasteiger partial charge in [0.1, 0.15) is 0 Å². The minimum atomic E-state index is -0.124. The van der Waals surface area contributed by atoms with Crippen molar-refractivity contribution in [2.75, 3.05) is 13.2 Å². The van der Waals surface area contributed by atoms with Crippen molar-refractivity contribution in [3.8, 4) is 0 Å². The lowest BCUT2D eigenvalue weighted by Gasteiger charge is -2.30. The largest absolute Gasteiger partial charge is 0.373 e. The normalized spacial score (nSPS) is 20.6. The fraction of sp³-hybridized carbons (Fsp3) is 0.409. The second kappa shape index (κ2) is 10.1. The molecule has 2 aromatic carbocycles. The Morgan fingerprint density at radius 2 is 1.81 bits per heavy atom. The molecule has 27 heavy (non-hydrogen) atoms. The Balaban J connectivity index is 1.36. The molecule has 3 rings (SSSR count). The molecule has 3 unspecified atom stereocenters. The Morgan fingerprint density at radius 1 is 1.11 bits per heavy atom. The van der Waals surface area contributed by atoms with Gasteiger partial charge in [-0.15, -0.1) is 0 Å². The Kier molecular flexibility index (Phi) is 7.25. The highest BCUT2D eigenvalue weighted by Gasteiger charge is 2.24. The van der Waals surface area contributed by atoms with Crippen LogP contribution in [0, 0.1) is 0 Å². The summed E-state index contributed by atoms with van der Waals surface area (Å²) in [6, 6.07) is 20.4. The molecule has 1 saturated heterocycles. The molecule has 0 radical (unpaired) electrons. The van der Waals surface area contributed by atoms with Crippen LogP contribution in [-0.4, -0.2) is 31.3 Å². The molecule has 3 atom stereocenters. The fourth-order valence-electron chi connectivity index (χ4n) is 3.45. The third-order valence-electron chi connectivity index (χ3n) is 4.93. The van der Waals surface area contributed by atoms with E-state index in [2.05, 4.69) is 34.9 Å². The monoisotopic (exact) mass is 367 g/mol. The minimum Gasteiger partial charge on any atom is -0.373 e. The Hall–Kier alpha value is -2.37. The molecule has 1 aliphatic rings. The van der Waals surface area contributed by atoms with Crippen molar-refractivity contribution in [1.29, 1.82) is 0 Å². The lowest BCUT2D eigenvalue weighted by Crippen LogP contribution is -2.45. The number of nitrogens with one attached hydrogen (secondary N) is 2. The van der Waals surface area contributed by atoms with Gasteiger partial charge in [0, 0.05) is 25.2 Å². The van der Waals surface area contributed by atoms with E-state index in [0.717, 1.165) is 31.2 Å². The molecule has 1 fully saturated rings. The molecular formula is C22H29N3O2. The van der Waals surface area contributed by atoms with Crippen LogP contribution < -0.4 is 16.4 Å². The molecule has 0 aromatic heterocycles. The predicted molar refractivity (Wildman–Crippen MR) is 107 cm³/mol. The maximum Gasteiger partial charge on any atom is 0.315 e. The molecular weight excluding hydrogens is 338 g/mol. The minimum absolute atomic E-state index is 0.0400. The van der Waals surface area contributed by atoms with Gasteiger partial charge in [-0.05, 0) is 36.8 Å². The van der Waals surface area contributed by atoms with Gasteiger partial charge in [0.15, 0.2) is 0 Å². The maximum absolute atomic E-state index is 12.2. The second-order valence-electron chi connectivity index (χ2n) is 7.13. The van der Waals surface area contributed by atoms with E-state index < -0.39 is 0 Å². The first kappa shape index (κ1) is 19.4. The summed E-state index contributed by atoms with van der Waals surface area (Å²) in [5.74, 6) is 0. The predicted octanol–water partition coefficient (Wildman–Crippen LogP) is 3.17. The number of rotatable bonds is 7. The third kappa shape index (κ3) is 6.38. The van der Waals surface area contributed by atoms with Crippen LogP contribution in [0.5, 0.6) is 0 Å². The highest BCUT2D eigenvalue weighted by atomic mass is 16.5. The van der Waals surface area contributed by atoms with Crippen molar-refractivity contribution < 1.29 is 9.53 Å². The van der Waals surface area contributed by atoms with E-state index in [4.69, 9.17) is 10.5 Å². The van der Waals surface area contributed by atoms with Crippen molar-refractivity contribution >= 4 is 6.03 Å². The van der Waals surface area contributed by atoms with E-state index in [1.807, 2.05) is 36.4 Å². The summed E-state index contributed by atoms with van der Waals surface area (Å²) in [5.41, 5.74) is 8.56. The number of carbonyl (C=O) groups is 1. The van der Waals surface area contributed by atoms with E-state index in [1.165, 1.54) is 5.56 Å². The first-order valence-corrected chi connectivity index (χ1v) is 9.71. The van der Waals surface area contributed by atoms with Gasteiger partial charge < -0.3 is 21.1 Å². The number of hydrogen-bond donors (Lipinski definition) is 3. The molecule has 0 saturated carbocycles. The van der Waals surface area contributed by atoms with Crippen molar-refractivity contribution in [2.24, 2.45) is 5.73 Å². The van der Waals surface area contributed by atoms with Gasteiger partial charge in [0.05, 0.1) is 6.10 Å². The van der Waals surface area contributed by atoms with Gasteiger partial charge in [-0.3, -0.25) is 0 Å². The highest BCUT2D eigenvalue weighted by Crippen LogP contribution is 2.27. The molecule has 0 aliphatic carbocycles. The zero-order valence-corrected chi connectivity index (χ0v) is 15.6. The second-order valence-corrected chi connectivity index (χ2v) is 7.13. The summed E-state index contributed by atoms with van der Waals surface area (Å²) < 4.78 is 5.86. The summed E-state index contributed by atoms with van der Waals surface area (Å²) in [7, 11) is 0.